The molecule has 1 unspecified atom stereocenters. The number of hydrogen-bond acceptors (Lipinski definition) is 3. The van der Waals surface area contributed by atoms with Crippen LogP contribution in [0, 0.1) is 0 Å². The second-order valence-electron chi connectivity index (χ2n) is 2.19. The molecule has 0 aliphatic rings. The molecule has 0 aromatic rings. The first-order valence-corrected chi connectivity index (χ1v) is 3.35. The van der Waals surface area contributed by atoms with E-state index in [1.807, 2.05) is 6.92 Å². The van der Waals surface area contributed by atoms with Crippen molar-refractivity contribution in [3.8, 4) is 0 Å². The number of nitrogens with one attached hydrogen (secondary N) is 1. The highest BCUT2D eigenvalue weighted by Gasteiger charge is 1.99. The van der Waals surface area contributed by atoms with Crippen LogP contribution in [0.5, 0.6) is 0 Å². The fourth-order valence-corrected chi connectivity index (χ4v) is 0.509. The molecule has 4 N–H and O–H groups in total. The minimum absolute atomic E-state index is 0.00625. The van der Waals surface area contributed by atoms with E-state index >= 15 is 0 Å². The van der Waals surface area contributed by atoms with Crippen molar-refractivity contribution in [2.24, 2.45) is 5.73 Å². The van der Waals surface area contributed by atoms with Gasteiger partial charge < -0.3 is 16.2 Å². The standard InChI is InChI=1S/C6H14N2O2/c1-2-5(7)3-8-4-6(9)10/h5,8H,2-4,7H2,1H3,(H,9,10). The summed E-state index contributed by atoms with van der Waals surface area (Å²) in [5.74, 6) is -0.844. The molecular weight excluding hydrogens is 132 g/mol. The molecule has 0 saturated heterocycles. The van der Waals surface area contributed by atoms with Crippen LogP contribution in [0.15, 0.2) is 0 Å². The van der Waals surface area contributed by atoms with Crippen LogP contribution in [0.3, 0.4) is 0 Å². The first kappa shape index (κ1) is 9.39. The molecule has 10 heavy (non-hydrogen) atoms. The fraction of sp³-hybridized carbons (Fsp3) is 0.833. The van der Waals surface area contributed by atoms with Crippen molar-refractivity contribution in [1.29, 1.82) is 0 Å². The van der Waals surface area contributed by atoms with Crippen LogP contribution in [0.1, 0.15) is 13.3 Å². The normalized spacial score (nSPS) is 13.0. The van der Waals surface area contributed by atoms with Gasteiger partial charge in [-0.15, -0.1) is 0 Å². The van der Waals surface area contributed by atoms with Crippen LogP contribution in [0.25, 0.3) is 0 Å². The van der Waals surface area contributed by atoms with Crippen molar-refractivity contribution in [2.75, 3.05) is 13.1 Å². The molecule has 1 atom stereocenters. The van der Waals surface area contributed by atoms with Crippen molar-refractivity contribution in [3.05, 3.63) is 0 Å². The second kappa shape index (κ2) is 5.20. The molecule has 0 aromatic carbocycles. The number of carboxylic acid groups (broad SMARTS) is 1. The quantitative estimate of drug-likeness (QED) is 0.484. The molecule has 0 heterocycles. The maximum Gasteiger partial charge on any atom is 0.317 e. The van der Waals surface area contributed by atoms with Gasteiger partial charge in [0, 0.05) is 12.6 Å². The Morgan fingerprint density at radius 3 is 2.80 bits per heavy atom. The Kier molecular flexibility index (Phi) is 4.88. The summed E-state index contributed by atoms with van der Waals surface area (Å²) >= 11 is 0. The highest BCUT2D eigenvalue weighted by atomic mass is 16.4. The summed E-state index contributed by atoms with van der Waals surface area (Å²) in [6, 6.07) is 0.0688. The maximum atomic E-state index is 9.97. The molecule has 0 fully saturated rings. The molecule has 4 heteroatoms. The van der Waals surface area contributed by atoms with Gasteiger partial charge in [-0.05, 0) is 6.42 Å². The van der Waals surface area contributed by atoms with E-state index in [2.05, 4.69) is 5.32 Å². The van der Waals surface area contributed by atoms with Crippen LogP contribution in [0.2, 0.25) is 0 Å². The third-order valence-corrected chi connectivity index (χ3v) is 1.21. The molecule has 0 radical (unpaired) electrons. The Hall–Kier alpha value is -0.610. The summed E-state index contributed by atoms with van der Waals surface area (Å²) in [6.45, 7) is 2.53. The Balaban J connectivity index is 3.11. The summed E-state index contributed by atoms with van der Waals surface area (Å²) < 4.78 is 0. The predicted molar refractivity (Wildman–Crippen MR) is 38.8 cm³/mol. The lowest BCUT2D eigenvalue weighted by atomic mass is 10.2. The maximum absolute atomic E-state index is 9.97. The van der Waals surface area contributed by atoms with Gasteiger partial charge in [0.2, 0.25) is 0 Å². The minimum Gasteiger partial charge on any atom is -0.480 e. The number of aliphatic carboxylic acids is 1. The smallest absolute Gasteiger partial charge is 0.317 e. The number of carbonyl (C=O) groups is 1. The lowest BCUT2D eigenvalue weighted by Crippen LogP contribution is -2.35. The summed E-state index contributed by atoms with van der Waals surface area (Å²) in [5.41, 5.74) is 5.50. The Morgan fingerprint density at radius 1 is 1.80 bits per heavy atom. The molecule has 4 nitrogen and oxygen atoms in total. The van der Waals surface area contributed by atoms with Gasteiger partial charge in [-0.2, -0.15) is 0 Å². The zero-order valence-electron chi connectivity index (χ0n) is 6.13. The van der Waals surface area contributed by atoms with E-state index in [9.17, 15) is 4.79 Å². The van der Waals surface area contributed by atoms with Crippen LogP contribution in [0.4, 0.5) is 0 Å². The van der Waals surface area contributed by atoms with Gasteiger partial charge in [-0.25, -0.2) is 0 Å². The summed E-state index contributed by atoms with van der Waals surface area (Å²) in [6.07, 6.45) is 0.868. The van der Waals surface area contributed by atoms with E-state index in [1.54, 1.807) is 0 Å². The van der Waals surface area contributed by atoms with E-state index in [0.717, 1.165) is 6.42 Å². The number of carboxylic acids is 1. The van der Waals surface area contributed by atoms with Gasteiger partial charge in [-0.1, -0.05) is 6.92 Å². The van der Waals surface area contributed by atoms with Gasteiger partial charge >= 0.3 is 5.97 Å². The SMILES string of the molecule is CCC(N)CNCC(=O)O. The average Bonchev–Trinajstić information content (AvgIpc) is 1.87. The van der Waals surface area contributed by atoms with Gasteiger partial charge in [0.1, 0.15) is 0 Å². The number of nitrogens with two attached hydrogens (primary N) is 1. The van der Waals surface area contributed by atoms with E-state index < -0.39 is 5.97 Å². The van der Waals surface area contributed by atoms with Crippen LogP contribution in [-0.2, 0) is 4.79 Å². The summed E-state index contributed by atoms with van der Waals surface area (Å²) in [5, 5.41) is 10.9. The first-order chi connectivity index (χ1) is 4.66. The third-order valence-electron chi connectivity index (χ3n) is 1.21. The molecule has 60 valence electrons. The molecule has 0 bridgehead atoms. The Labute approximate surface area is 60.4 Å². The highest BCUT2D eigenvalue weighted by molar-refractivity contribution is 5.68. The van der Waals surface area contributed by atoms with Gasteiger partial charge in [0.15, 0.2) is 0 Å². The fourth-order valence-electron chi connectivity index (χ4n) is 0.509. The monoisotopic (exact) mass is 146 g/mol. The molecule has 0 spiro atoms. The predicted octanol–water partition coefficient (Wildman–Crippen LogP) is -0.602. The first-order valence-electron chi connectivity index (χ1n) is 3.35. The van der Waals surface area contributed by atoms with Crippen LogP contribution >= 0.6 is 0 Å². The summed E-state index contributed by atoms with van der Waals surface area (Å²) in [4.78, 5) is 9.97. The van der Waals surface area contributed by atoms with E-state index in [0.29, 0.717) is 6.54 Å². The van der Waals surface area contributed by atoms with Crippen molar-refractivity contribution >= 4 is 5.97 Å². The van der Waals surface area contributed by atoms with Gasteiger partial charge in [0.25, 0.3) is 0 Å². The average molecular weight is 146 g/mol. The molecule has 0 rings (SSSR count). The molecule has 0 amide bonds. The second-order valence-corrected chi connectivity index (χ2v) is 2.19. The third kappa shape index (κ3) is 5.53. The molecule has 0 aromatic heterocycles. The van der Waals surface area contributed by atoms with E-state index in [1.165, 1.54) is 0 Å². The molecule has 0 saturated carbocycles. The highest BCUT2D eigenvalue weighted by Crippen LogP contribution is 1.81. The van der Waals surface area contributed by atoms with Crippen molar-refractivity contribution in [3.63, 3.8) is 0 Å². The molecular formula is C6H14N2O2. The van der Waals surface area contributed by atoms with Gasteiger partial charge in [-0.3, -0.25) is 4.79 Å². The largest absolute Gasteiger partial charge is 0.480 e. The zero-order chi connectivity index (χ0) is 7.98. The summed E-state index contributed by atoms with van der Waals surface area (Å²) in [7, 11) is 0. The number of rotatable bonds is 5. The minimum atomic E-state index is -0.844. The van der Waals surface area contributed by atoms with Crippen molar-refractivity contribution in [1.82, 2.24) is 5.32 Å². The Bertz CT molecular complexity index is 106. The lowest BCUT2D eigenvalue weighted by molar-refractivity contribution is -0.135. The van der Waals surface area contributed by atoms with E-state index in [4.69, 9.17) is 10.8 Å². The van der Waals surface area contributed by atoms with Crippen LogP contribution in [-0.4, -0.2) is 30.2 Å². The van der Waals surface area contributed by atoms with Crippen molar-refractivity contribution in [2.45, 2.75) is 19.4 Å². The van der Waals surface area contributed by atoms with Crippen LogP contribution < -0.4 is 11.1 Å². The van der Waals surface area contributed by atoms with Gasteiger partial charge in [0.05, 0.1) is 6.54 Å². The topological polar surface area (TPSA) is 75.3 Å². The van der Waals surface area contributed by atoms with Crippen molar-refractivity contribution < 1.29 is 9.90 Å². The molecule has 0 aliphatic heterocycles. The zero-order valence-corrected chi connectivity index (χ0v) is 6.13. The lowest BCUT2D eigenvalue weighted by Gasteiger charge is -2.07. The Morgan fingerprint density at radius 2 is 2.40 bits per heavy atom. The van der Waals surface area contributed by atoms with E-state index in [-0.39, 0.29) is 12.6 Å². The molecule has 0 aliphatic carbocycles. The number of hydrogen-bond donors (Lipinski definition) is 3.